The standard InChI is InChI=1S/C15H15ClFN3S/c1-8-15(21-10(3)18-8)9(2)20-13-5-4-11(17)6-12(13)19-14(20)7-16/h4-6,9H,7H2,1-3H3. The SMILES string of the molecule is Cc1nc(C)c(C(C)n2c(CCl)nc3cc(F)ccc32)s1. The predicted octanol–water partition coefficient (Wildman–Crippen LogP) is 4.60. The summed E-state index contributed by atoms with van der Waals surface area (Å²) in [6.07, 6.45) is 0. The molecule has 0 spiro atoms. The Balaban J connectivity index is 2.20. The maximum absolute atomic E-state index is 13.4. The van der Waals surface area contributed by atoms with Gasteiger partial charge in [0.15, 0.2) is 0 Å². The number of aromatic nitrogens is 3. The maximum Gasteiger partial charge on any atom is 0.125 e. The van der Waals surface area contributed by atoms with Crippen LogP contribution in [0.4, 0.5) is 4.39 Å². The first kappa shape index (κ1) is 14.5. The molecular weight excluding hydrogens is 309 g/mol. The summed E-state index contributed by atoms with van der Waals surface area (Å²) in [4.78, 5) is 10.1. The Morgan fingerprint density at radius 2 is 2.10 bits per heavy atom. The monoisotopic (exact) mass is 323 g/mol. The molecule has 0 aliphatic carbocycles. The van der Waals surface area contributed by atoms with Gasteiger partial charge in [0.05, 0.1) is 38.5 Å². The lowest BCUT2D eigenvalue weighted by molar-refractivity contribution is 0.627. The molecule has 0 bridgehead atoms. The van der Waals surface area contributed by atoms with Gasteiger partial charge in [0.2, 0.25) is 0 Å². The molecule has 1 atom stereocenters. The number of fused-ring (bicyclic) bond motifs is 1. The number of benzene rings is 1. The van der Waals surface area contributed by atoms with Crippen LogP contribution in [0, 0.1) is 19.7 Å². The summed E-state index contributed by atoms with van der Waals surface area (Å²) in [5.74, 6) is 0.748. The van der Waals surface area contributed by atoms with Gasteiger partial charge in [-0.3, -0.25) is 0 Å². The van der Waals surface area contributed by atoms with Crippen molar-refractivity contribution < 1.29 is 4.39 Å². The number of imidazole rings is 1. The highest BCUT2D eigenvalue weighted by atomic mass is 35.5. The van der Waals surface area contributed by atoms with Crippen molar-refractivity contribution in [2.75, 3.05) is 0 Å². The number of hydrogen-bond donors (Lipinski definition) is 0. The summed E-state index contributed by atoms with van der Waals surface area (Å²) in [5.41, 5.74) is 2.55. The van der Waals surface area contributed by atoms with Gasteiger partial charge in [-0.15, -0.1) is 22.9 Å². The Labute approximate surface area is 131 Å². The highest BCUT2D eigenvalue weighted by molar-refractivity contribution is 7.11. The van der Waals surface area contributed by atoms with E-state index in [1.807, 2.05) is 13.8 Å². The second-order valence-corrected chi connectivity index (χ2v) is 6.53. The van der Waals surface area contributed by atoms with E-state index in [1.165, 1.54) is 17.0 Å². The van der Waals surface area contributed by atoms with Gasteiger partial charge >= 0.3 is 0 Å². The van der Waals surface area contributed by atoms with Gasteiger partial charge in [-0.1, -0.05) is 0 Å². The topological polar surface area (TPSA) is 30.7 Å². The Morgan fingerprint density at radius 3 is 2.71 bits per heavy atom. The van der Waals surface area contributed by atoms with Crippen LogP contribution in [0.15, 0.2) is 18.2 Å². The van der Waals surface area contributed by atoms with Gasteiger partial charge in [-0.05, 0) is 32.9 Å². The third-order valence-corrected chi connectivity index (χ3v) is 5.03. The van der Waals surface area contributed by atoms with Crippen LogP contribution in [0.25, 0.3) is 11.0 Å². The molecule has 0 aliphatic heterocycles. The van der Waals surface area contributed by atoms with Crippen molar-refractivity contribution in [2.24, 2.45) is 0 Å². The summed E-state index contributed by atoms with van der Waals surface area (Å²) >= 11 is 7.71. The zero-order valence-corrected chi connectivity index (χ0v) is 13.6. The van der Waals surface area contributed by atoms with Gasteiger partial charge < -0.3 is 4.57 Å². The number of hydrogen-bond acceptors (Lipinski definition) is 3. The third kappa shape index (κ3) is 2.45. The average Bonchev–Trinajstić information content (AvgIpc) is 2.97. The van der Waals surface area contributed by atoms with E-state index >= 15 is 0 Å². The van der Waals surface area contributed by atoms with Crippen LogP contribution in [-0.4, -0.2) is 14.5 Å². The molecule has 2 heterocycles. The van der Waals surface area contributed by atoms with Crippen LogP contribution in [0.5, 0.6) is 0 Å². The summed E-state index contributed by atoms with van der Waals surface area (Å²) in [7, 11) is 0. The normalized spacial score (nSPS) is 13.0. The summed E-state index contributed by atoms with van der Waals surface area (Å²) in [6.45, 7) is 6.10. The van der Waals surface area contributed by atoms with E-state index in [0.717, 1.165) is 22.0 Å². The van der Waals surface area contributed by atoms with Gasteiger partial charge in [0, 0.05) is 6.07 Å². The van der Waals surface area contributed by atoms with Crippen LogP contribution in [0.1, 0.15) is 34.4 Å². The molecular formula is C15H15ClFN3S. The molecule has 3 aromatic rings. The Morgan fingerprint density at radius 1 is 1.33 bits per heavy atom. The zero-order valence-electron chi connectivity index (χ0n) is 12.0. The van der Waals surface area contributed by atoms with Gasteiger partial charge in [-0.25, -0.2) is 14.4 Å². The van der Waals surface area contributed by atoms with Crippen molar-refractivity contribution >= 4 is 34.0 Å². The Hall–Kier alpha value is -1.46. The quantitative estimate of drug-likeness (QED) is 0.660. The van der Waals surface area contributed by atoms with Crippen LogP contribution >= 0.6 is 22.9 Å². The van der Waals surface area contributed by atoms with E-state index in [4.69, 9.17) is 11.6 Å². The van der Waals surface area contributed by atoms with Crippen molar-refractivity contribution in [3.63, 3.8) is 0 Å². The van der Waals surface area contributed by atoms with E-state index in [9.17, 15) is 4.39 Å². The number of alkyl halides is 1. The van der Waals surface area contributed by atoms with Crippen molar-refractivity contribution in [1.29, 1.82) is 0 Å². The minimum Gasteiger partial charge on any atom is -0.319 e. The number of aryl methyl sites for hydroxylation is 2. The first-order chi connectivity index (χ1) is 10.0. The molecule has 0 amide bonds. The third-order valence-electron chi connectivity index (χ3n) is 3.55. The van der Waals surface area contributed by atoms with Crippen LogP contribution in [-0.2, 0) is 5.88 Å². The zero-order chi connectivity index (χ0) is 15.1. The van der Waals surface area contributed by atoms with Crippen LogP contribution in [0.2, 0.25) is 0 Å². The largest absolute Gasteiger partial charge is 0.319 e. The second-order valence-electron chi connectivity index (χ2n) is 5.02. The lowest BCUT2D eigenvalue weighted by Crippen LogP contribution is -2.09. The fourth-order valence-electron chi connectivity index (χ4n) is 2.70. The second kappa shape index (κ2) is 5.39. The number of thiazole rings is 1. The lowest BCUT2D eigenvalue weighted by atomic mass is 10.2. The molecule has 1 aromatic carbocycles. The molecule has 0 N–H and O–H groups in total. The number of halogens is 2. The van der Waals surface area contributed by atoms with Crippen molar-refractivity contribution in [3.05, 3.63) is 45.4 Å². The highest BCUT2D eigenvalue weighted by Crippen LogP contribution is 2.32. The van der Waals surface area contributed by atoms with E-state index < -0.39 is 0 Å². The first-order valence-corrected chi connectivity index (χ1v) is 8.02. The van der Waals surface area contributed by atoms with E-state index in [2.05, 4.69) is 21.5 Å². The number of rotatable bonds is 3. The molecule has 3 nitrogen and oxygen atoms in total. The predicted molar refractivity (Wildman–Crippen MR) is 84.6 cm³/mol. The molecule has 3 rings (SSSR count). The molecule has 0 saturated carbocycles. The van der Waals surface area contributed by atoms with E-state index in [1.54, 1.807) is 17.4 Å². The van der Waals surface area contributed by atoms with Crippen molar-refractivity contribution in [3.8, 4) is 0 Å². The Kier molecular flexibility index (Phi) is 3.71. The van der Waals surface area contributed by atoms with Crippen LogP contribution in [0.3, 0.4) is 0 Å². The molecule has 0 saturated heterocycles. The number of nitrogens with zero attached hydrogens (tertiary/aromatic N) is 3. The lowest BCUT2D eigenvalue weighted by Gasteiger charge is -2.16. The van der Waals surface area contributed by atoms with Gasteiger partial charge in [0.1, 0.15) is 11.6 Å². The fourth-order valence-corrected chi connectivity index (χ4v) is 3.86. The minimum absolute atomic E-state index is 0.0698. The molecule has 0 aliphatic rings. The fraction of sp³-hybridized carbons (Fsp3) is 0.333. The summed E-state index contributed by atoms with van der Waals surface area (Å²) in [6, 6.07) is 4.73. The summed E-state index contributed by atoms with van der Waals surface area (Å²) in [5, 5.41) is 1.04. The molecule has 0 fully saturated rings. The van der Waals surface area contributed by atoms with Crippen LogP contribution < -0.4 is 0 Å². The molecule has 21 heavy (non-hydrogen) atoms. The summed E-state index contributed by atoms with van der Waals surface area (Å²) < 4.78 is 15.5. The molecule has 110 valence electrons. The minimum atomic E-state index is -0.286. The Bertz CT molecular complexity index is 809. The van der Waals surface area contributed by atoms with E-state index in [0.29, 0.717) is 5.52 Å². The molecule has 6 heteroatoms. The smallest absolute Gasteiger partial charge is 0.125 e. The molecule has 0 radical (unpaired) electrons. The first-order valence-electron chi connectivity index (χ1n) is 6.67. The average molecular weight is 324 g/mol. The van der Waals surface area contributed by atoms with Gasteiger partial charge in [-0.2, -0.15) is 0 Å². The van der Waals surface area contributed by atoms with Crippen molar-refractivity contribution in [1.82, 2.24) is 14.5 Å². The van der Waals surface area contributed by atoms with E-state index in [-0.39, 0.29) is 17.7 Å². The maximum atomic E-state index is 13.4. The molecule has 1 unspecified atom stereocenters. The highest BCUT2D eigenvalue weighted by Gasteiger charge is 2.20. The van der Waals surface area contributed by atoms with Crippen molar-refractivity contribution in [2.45, 2.75) is 32.7 Å². The van der Waals surface area contributed by atoms with Gasteiger partial charge in [0.25, 0.3) is 0 Å². The molecule has 2 aromatic heterocycles.